The van der Waals surface area contributed by atoms with Crippen LogP contribution in [0.5, 0.6) is 0 Å². The summed E-state index contributed by atoms with van der Waals surface area (Å²) in [4.78, 5) is 12.0. The fourth-order valence-electron chi connectivity index (χ4n) is 1.60. The Kier molecular flexibility index (Phi) is 3.95. The number of anilines is 1. The van der Waals surface area contributed by atoms with Crippen molar-refractivity contribution in [1.29, 1.82) is 0 Å². The number of nitrogens with one attached hydrogen (secondary N) is 1. The highest BCUT2D eigenvalue weighted by Crippen LogP contribution is 2.22. The van der Waals surface area contributed by atoms with E-state index in [9.17, 15) is 13.6 Å². The topological polar surface area (TPSA) is 29.1 Å². The molecule has 2 aromatic rings. The SMILES string of the molecule is Cc1ccc(F)c(NC(=O)c2cccc(F)c2Br)c1. The Labute approximate surface area is 117 Å². The molecule has 1 amide bonds. The molecule has 1 N–H and O–H groups in total. The van der Waals surface area contributed by atoms with Crippen LogP contribution in [0.15, 0.2) is 40.9 Å². The predicted molar refractivity (Wildman–Crippen MR) is 73.2 cm³/mol. The molecule has 2 aromatic carbocycles. The second-order valence-corrected chi connectivity index (χ2v) is 4.83. The summed E-state index contributed by atoms with van der Waals surface area (Å²) in [6, 6.07) is 8.49. The Balaban J connectivity index is 2.31. The van der Waals surface area contributed by atoms with Gasteiger partial charge in [-0.2, -0.15) is 0 Å². The second-order valence-electron chi connectivity index (χ2n) is 4.04. The number of rotatable bonds is 2. The van der Waals surface area contributed by atoms with Crippen LogP contribution in [0.3, 0.4) is 0 Å². The molecule has 98 valence electrons. The molecule has 0 fully saturated rings. The third kappa shape index (κ3) is 2.98. The zero-order valence-corrected chi connectivity index (χ0v) is 11.6. The highest BCUT2D eigenvalue weighted by molar-refractivity contribution is 9.10. The zero-order chi connectivity index (χ0) is 14.0. The van der Waals surface area contributed by atoms with Crippen molar-refractivity contribution in [2.75, 3.05) is 5.32 Å². The summed E-state index contributed by atoms with van der Waals surface area (Å²) >= 11 is 3.00. The maximum absolute atomic E-state index is 13.5. The molecule has 0 aromatic heterocycles. The van der Waals surface area contributed by atoms with Crippen LogP contribution in [0.2, 0.25) is 0 Å². The molecule has 0 saturated heterocycles. The second kappa shape index (κ2) is 5.48. The molecule has 0 saturated carbocycles. The molecule has 0 aliphatic rings. The average molecular weight is 326 g/mol. The number of hydrogen-bond acceptors (Lipinski definition) is 1. The van der Waals surface area contributed by atoms with E-state index in [1.54, 1.807) is 13.0 Å². The normalized spacial score (nSPS) is 10.3. The summed E-state index contributed by atoms with van der Waals surface area (Å²) in [5, 5.41) is 2.42. The maximum Gasteiger partial charge on any atom is 0.256 e. The molecule has 0 spiro atoms. The van der Waals surface area contributed by atoms with Crippen LogP contribution in [0.25, 0.3) is 0 Å². The van der Waals surface area contributed by atoms with Crippen molar-refractivity contribution in [3.05, 3.63) is 63.6 Å². The molecule has 19 heavy (non-hydrogen) atoms. The number of benzene rings is 2. The molecule has 0 atom stereocenters. The highest BCUT2D eigenvalue weighted by atomic mass is 79.9. The van der Waals surface area contributed by atoms with E-state index in [0.717, 1.165) is 5.56 Å². The van der Waals surface area contributed by atoms with Gasteiger partial charge in [0.2, 0.25) is 0 Å². The van der Waals surface area contributed by atoms with Crippen LogP contribution < -0.4 is 5.32 Å². The van der Waals surface area contributed by atoms with Gasteiger partial charge in [0.1, 0.15) is 11.6 Å². The van der Waals surface area contributed by atoms with Gasteiger partial charge in [-0.1, -0.05) is 12.1 Å². The molecule has 0 bridgehead atoms. The van der Waals surface area contributed by atoms with Gasteiger partial charge in [-0.15, -0.1) is 0 Å². The van der Waals surface area contributed by atoms with Gasteiger partial charge in [-0.05, 0) is 52.7 Å². The molecule has 0 heterocycles. The first-order chi connectivity index (χ1) is 8.99. The molecule has 0 aliphatic heterocycles. The molecule has 0 aliphatic carbocycles. The lowest BCUT2D eigenvalue weighted by Gasteiger charge is -2.09. The first-order valence-electron chi connectivity index (χ1n) is 5.50. The first-order valence-corrected chi connectivity index (χ1v) is 6.30. The Morgan fingerprint density at radius 1 is 1.16 bits per heavy atom. The molecule has 2 rings (SSSR count). The van der Waals surface area contributed by atoms with E-state index in [4.69, 9.17) is 0 Å². The van der Waals surface area contributed by atoms with Gasteiger partial charge in [0, 0.05) is 0 Å². The van der Waals surface area contributed by atoms with Gasteiger partial charge < -0.3 is 5.32 Å². The Bertz CT molecular complexity index is 643. The lowest BCUT2D eigenvalue weighted by Crippen LogP contribution is -2.14. The molecule has 0 radical (unpaired) electrons. The quantitative estimate of drug-likeness (QED) is 0.876. The molecular formula is C14H10BrF2NO. The van der Waals surface area contributed by atoms with Crippen LogP contribution in [0.1, 0.15) is 15.9 Å². The molecule has 5 heteroatoms. The largest absolute Gasteiger partial charge is 0.319 e. The van der Waals surface area contributed by atoms with Crippen molar-refractivity contribution in [1.82, 2.24) is 0 Å². The summed E-state index contributed by atoms with van der Waals surface area (Å²) in [5.74, 6) is -1.65. The third-order valence-electron chi connectivity index (χ3n) is 2.57. The minimum atomic E-state index is -0.573. The van der Waals surface area contributed by atoms with Gasteiger partial charge >= 0.3 is 0 Å². The van der Waals surface area contributed by atoms with E-state index in [1.165, 1.54) is 30.3 Å². The molecule has 2 nitrogen and oxygen atoms in total. The Morgan fingerprint density at radius 2 is 1.89 bits per heavy atom. The highest BCUT2D eigenvalue weighted by Gasteiger charge is 2.14. The Morgan fingerprint density at radius 3 is 2.63 bits per heavy atom. The lowest BCUT2D eigenvalue weighted by atomic mass is 10.2. The van der Waals surface area contributed by atoms with Crippen LogP contribution in [-0.2, 0) is 0 Å². The van der Waals surface area contributed by atoms with Gasteiger partial charge in [0.25, 0.3) is 5.91 Å². The van der Waals surface area contributed by atoms with E-state index < -0.39 is 17.5 Å². The van der Waals surface area contributed by atoms with Crippen molar-refractivity contribution >= 4 is 27.5 Å². The van der Waals surface area contributed by atoms with Gasteiger partial charge in [0.15, 0.2) is 0 Å². The van der Waals surface area contributed by atoms with E-state index >= 15 is 0 Å². The van der Waals surface area contributed by atoms with Gasteiger partial charge in [-0.25, -0.2) is 8.78 Å². The maximum atomic E-state index is 13.5. The number of aryl methyl sites for hydroxylation is 1. The number of carbonyl (C=O) groups excluding carboxylic acids is 1. The van der Waals surface area contributed by atoms with E-state index in [2.05, 4.69) is 21.2 Å². The van der Waals surface area contributed by atoms with Crippen molar-refractivity contribution < 1.29 is 13.6 Å². The minimum Gasteiger partial charge on any atom is -0.319 e. The summed E-state index contributed by atoms with van der Waals surface area (Å²) < 4.78 is 26.9. The van der Waals surface area contributed by atoms with Gasteiger partial charge in [0.05, 0.1) is 15.7 Å². The van der Waals surface area contributed by atoms with E-state index in [0.29, 0.717) is 0 Å². The number of carbonyl (C=O) groups is 1. The first kappa shape index (κ1) is 13.7. The fourth-order valence-corrected chi connectivity index (χ4v) is 2.05. The lowest BCUT2D eigenvalue weighted by molar-refractivity contribution is 0.102. The minimum absolute atomic E-state index is 0.0561. The van der Waals surface area contributed by atoms with Crippen LogP contribution in [0.4, 0.5) is 14.5 Å². The average Bonchev–Trinajstić information content (AvgIpc) is 2.37. The fraction of sp³-hybridized carbons (Fsp3) is 0.0714. The number of halogens is 3. The summed E-state index contributed by atoms with van der Waals surface area (Å²) in [5.41, 5.74) is 0.997. The summed E-state index contributed by atoms with van der Waals surface area (Å²) in [6.07, 6.45) is 0. The summed E-state index contributed by atoms with van der Waals surface area (Å²) in [6.45, 7) is 1.78. The van der Waals surface area contributed by atoms with Crippen LogP contribution in [-0.4, -0.2) is 5.91 Å². The van der Waals surface area contributed by atoms with Crippen molar-refractivity contribution in [3.8, 4) is 0 Å². The predicted octanol–water partition coefficient (Wildman–Crippen LogP) is 4.29. The Hall–Kier alpha value is -1.75. The standard InChI is InChI=1S/C14H10BrF2NO/c1-8-5-6-10(16)12(7-8)18-14(19)9-3-2-4-11(17)13(9)15/h2-7H,1H3,(H,18,19). The molecular weight excluding hydrogens is 316 g/mol. The van der Waals surface area contributed by atoms with Crippen LogP contribution in [0, 0.1) is 18.6 Å². The number of amides is 1. The van der Waals surface area contributed by atoms with E-state index in [-0.39, 0.29) is 15.7 Å². The monoisotopic (exact) mass is 325 g/mol. The number of hydrogen-bond donors (Lipinski definition) is 1. The van der Waals surface area contributed by atoms with Crippen molar-refractivity contribution in [2.24, 2.45) is 0 Å². The van der Waals surface area contributed by atoms with Crippen LogP contribution >= 0.6 is 15.9 Å². The van der Waals surface area contributed by atoms with Gasteiger partial charge in [-0.3, -0.25) is 4.79 Å². The molecule has 0 unspecified atom stereocenters. The van der Waals surface area contributed by atoms with E-state index in [1.807, 2.05) is 0 Å². The third-order valence-corrected chi connectivity index (χ3v) is 3.37. The van der Waals surface area contributed by atoms with Crippen molar-refractivity contribution in [3.63, 3.8) is 0 Å². The zero-order valence-electron chi connectivity index (χ0n) is 10.0. The summed E-state index contributed by atoms with van der Waals surface area (Å²) in [7, 11) is 0. The van der Waals surface area contributed by atoms with Crippen molar-refractivity contribution in [2.45, 2.75) is 6.92 Å². The smallest absolute Gasteiger partial charge is 0.256 e.